The third-order valence-electron chi connectivity index (χ3n) is 5.68. The van der Waals surface area contributed by atoms with Gasteiger partial charge in [-0.25, -0.2) is 4.98 Å². The predicted octanol–water partition coefficient (Wildman–Crippen LogP) is 1.57. The van der Waals surface area contributed by atoms with Gasteiger partial charge in [-0.15, -0.1) is 0 Å². The SMILES string of the molecule is CCOC(=O)[C@@H]1CCCN(C(=O)C[C@@H]2CSc3nc4c(c(=O)n32)CCC4)C1. The Morgan fingerprint density at radius 3 is 2.96 bits per heavy atom. The summed E-state index contributed by atoms with van der Waals surface area (Å²) in [5.41, 5.74) is 1.82. The van der Waals surface area contributed by atoms with Crippen molar-refractivity contribution in [2.45, 2.75) is 56.6 Å². The van der Waals surface area contributed by atoms with Crippen LogP contribution in [0.2, 0.25) is 0 Å². The molecule has 1 fully saturated rings. The van der Waals surface area contributed by atoms with Crippen LogP contribution in [0.3, 0.4) is 0 Å². The van der Waals surface area contributed by atoms with Crippen LogP contribution in [0.4, 0.5) is 0 Å². The molecule has 0 spiro atoms. The number of rotatable bonds is 4. The standard InChI is InChI=1S/C19H25N3O4S/c1-2-26-18(25)12-5-4-8-21(10-12)16(23)9-13-11-27-19-20-15-7-3-6-14(15)17(24)22(13)19/h12-13H,2-11H2,1H3/t12-,13-/m1/s1. The number of esters is 1. The van der Waals surface area contributed by atoms with Gasteiger partial charge in [0, 0.05) is 30.8 Å². The number of carbonyl (C=O) groups is 2. The van der Waals surface area contributed by atoms with Gasteiger partial charge in [0.2, 0.25) is 5.91 Å². The maximum absolute atomic E-state index is 12.9. The fourth-order valence-corrected chi connectivity index (χ4v) is 5.44. The van der Waals surface area contributed by atoms with E-state index in [4.69, 9.17) is 4.74 Å². The van der Waals surface area contributed by atoms with E-state index in [0.717, 1.165) is 48.5 Å². The average Bonchev–Trinajstić information content (AvgIpc) is 3.30. The highest BCUT2D eigenvalue weighted by Crippen LogP contribution is 2.34. The van der Waals surface area contributed by atoms with Gasteiger partial charge >= 0.3 is 5.97 Å². The first-order valence-corrected chi connectivity index (χ1v) is 10.8. The summed E-state index contributed by atoms with van der Waals surface area (Å²) in [4.78, 5) is 44.2. The maximum atomic E-state index is 12.9. The molecular formula is C19H25N3O4S. The summed E-state index contributed by atoms with van der Waals surface area (Å²) in [6, 6.07) is -0.147. The fourth-order valence-electron chi connectivity index (χ4n) is 4.29. The zero-order valence-corrected chi connectivity index (χ0v) is 16.4. The number of thioether (sulfide) groups is 1. The van der Waals surface area contributed by atoms with Crippen LogP contribution in [-0.4, -0.2) is 51.8 Å². The highest BCUT2D eigenvalue weighted by atomic mass is 32.2. The van der Waals surface area contributed by atoms with Crippen LogP contribution in [0, 0.1) is 5.92 Å². The molecule has 1 saturated heterocycles. The van der Waals surface area contributed by atoms with Crippen LogP contribution in [0.25, 0.3) is 0 Å². The van der Waals surface area contributed by atoms with Crippen molar-refractivity contribution in [2.24, 2.45) is 5.92 Å². The van der Waals surface area contributed by atoms with E-state index >= 15 is 0 Å². The molecule has 0 N–H and O–H groups in total. The molecule has 1 aromatic rings. The Hall–Kier alpha value is -1.83. The first-order valence-electron chi connectivity index (χ1n) is 9.80. The number of nitrogens with zero attached hydrogens (tertiary/aromatic N) is 3. The number of fused-ring (bicyclic) bond motifs is 2. The van der Waals surface area contributed by atoms with Gasteiger partial charge in [-0.1, -0.05) is 11.8 Å². The van der Waals surface area contributed by atoms with Gasteiger partial charge in [-0.3, -0.25) is 19.0 Å². The Bertz CT molecular complexity index is 822. The van der Waals surface area contributed by atoms with Crippen LogP contribution in [-0.2, 0) is 27.2 Å². The molecular weight excluding hydrogens is 366 g/mol. The Morgan fingerprint density at radius 1 is 1.30 bits per heavy atom. The molecule has 4 rings (SSSR count). The molecule has 0 radical (unpaired) electrons. The second-order valence-corrected chi connectivity index (χ2v) is 8.44. The summed E-state index contributed by atoms with van der Waals surface area (Å²) in [7, 11) is 0. The molecule has 27 heavy (non-hydrogen) atoms. The molecule has 0 saturated carbocycles. The monoisotopic (exact) mass is 391 g/mol. The number of amides is 1. The van der Waals surface area contributed by atoms with E-state index in [-0.39, 0.29) is 35.8 Å². The molecule has 3 heterocycles. The van der Waals surface area contributed by atoms with Crippen LogP contribution >= 0.6 is 11.8 Å². The van der Waals surface area contributed by atoms with Crippen LogP contribution in [0.15, 0.2) is 9.95 Å². The second kappa shape index (κ2) is 7.66. The number of aromatic nitrogens is 2. The van der Waals surface area contributed by atoms with Crippen molar-refractivity contribution in [3.8, 4) is 0 Å². The lowest BCUT2D eigenvalue weighted by Crippen LogP contribution is -2.43. The summed E-state index contributed by atoms with van der Waals surface area (Å²) >= 11 is 1.56. The zero-order valence-electron chi connectivity index (χ0n) is 15.6. The first kappa shape index (κ1) is 18.5. The van der Waals surface area contributed by atoms with E-state index in [0.29, 0.717) is 25.4 Å². The van der Waals surface area contributed by atoms with Crippen molar-refractivity contribution in [3.05, 3.63) is 21.6 Å². The smallest absolute Gasteiger partial charge is 0.310 e. The normalized spacial score (nSPS) is 23.8. The lowest BCUT2D eigenvalue weighted by atomic mass is 9.97. The van der Waals surface area contributed by atoms with E-state index in [1.165, 1.54) is 0 Å². The molecule has 146 valence electrons. The minimum absolute atomic E-state index is 0.00912. The van der Waals surface area contributed by atoms with Crippen molar-refractivity contribution in [3.63, 3.8) is 0 Å². The fraction of sp³-hybridized carbons (Fsp3) is 0.684. The molecule has 7 nitrogen and oxygen atoms in total. The van der Waals surface area contributed by atoms with Crippen LogP contribution < -0.4 is 5.56 Å². The van der Waals surface area contributed by atoms with Crippen molar-refractivity contribution in [1.82, 2.24) is 14.5 Å². The number of likely N-dealkylation sites (tertiary alicyclic amines) is 1. The van der Waals surface area contributed by atoms with Crippen molar-refractivity contribution in [2.75, 3.05) is 25.4 Å². The van der Waals surface area contributed by atoms with E-state index in [2.05, 4.69) is 4.98 Å². The number of carbonyl (C=O) groups excluding carboxylic acids is 2. The minimum atomic E-state index is -0.236. The van der Waals surface area contributed by atoms with E-state index in [1.54, 1.807) is 28.2 Å². The summed E-state index contributed by atoms with van der Waals surface area (Å²) in [6.45, 7) is 3.24. The molecule has 0 unspecified atom stereocenters. The van der Waals surface area contributed by atoms with Crippen LogP contribution in [0.1, 0.15) is 49.9 Å². The first-order chi connectivity index (χ1) is 13.1. The third-order valence-corrected chi connectivity index (χ3v) is 6.77. The zero-order chi connectivity index (χ0) is 19.0. The lowest BCUT2D eigenvalue weighted by molar-refractivity contribution is -0.151. The lowest BCUT2D eigenvalue weighted by Gasteiger charge is -2.32. The van der Waals surface area contributed by atoms with Gasteiger partial charge in [0.1, 0.15) is 0 Å². The quantitative estimate of drug-likeness (QED) is 0.572. The number of hydrogen-bond donors (Lipinski definition) is 0. The molecule has 2 atom stereocenters. The summed E-state index contributed by atoms with van der Waals surface area (Å²) in [6.07, 6.45) is 4.51. The van der Waals surface area contributed by atoms with Gasteiger partial charge in [0.15, 0.2) is 5.16 Å². The third kappa shape index (κ3) is 3.51. The van der Waals surface area contributed by atoms with E-state index in [1.807, 2.05) is 0 Å². The molecule has 1 aliphatic carbocycles. The number of ether oxygens (including phenoxy) is 1. The molecule has 0 aromatic carbocycles. The van der Waals surface area contributed by atoms with Crippen LogP contribution in [0.5, 0.6) is 0 Å². The largest absolute Gasteiger partial charge is 0.466 e. The Kier molecular flexibility index (Phi) is 5.25. The number of aryl methyl sites for hydroxylation is 1. The highest BCUT2D eigenvalue weighted by molar-refractivity contribution is 7.99. The van der Waals surface area contributed by atoms with Gasteiger partial charge in [-0.2, -0.15) is 0 Å². The Labute approximate surface area is 162 Å². The summed E-state index contributed by atoms with van der Waals surface area (Å²) < 4.78 is 6.85. The molecule has 8 heteroatoms. The van der Waals surface area contributed by atoms with Gasteiger partial charge in [-0.05, 0) is 39.0 Å². The van der Waals surface area contributed by atoms with E-state index in [9.17, 15) is 14.4 Å². The molecule has 0 bridgehead atoms. The highest BCUT2D eigenvalue weighted by Gasteiger charge is 2.34. The van der Waals surface area contributed by atoms with Crippen molar-refractivity contribution < 1.29 is 14.3 Å². The molecule has 1 aromatic heterocycles. The summed E-state index contributed by atoms with van der Waals surface area (Å²) in [5.74, 6) is 0.259. The Balaban J connectivity index is 1.46. The molecule has 2 aliphatic heterocycles. The maximum Gasteiger partial charge on any atom is 0.310 e. The van der Waals surface area contributed by atoms with Gasteiger partial charge < -0.3 is 9.64 Å². The topological polar surface area (TPSA) is 81.5 Å². The van der Waals surface area contributed by atoms with Gasteiger partial charge in [0.05, 0.1) is 24.3 Å². The van der Waals surface area contributed by atoms with Crippen molar-refractivity contribution in [1.29, 1.82) is 0 Å². The number of hydrogen-bond acceptors (Lipinski definition) is 6. The second-order valence-electron chi connectivity index (χ2n) is 7.45. The number of piperidine rings is 1. The van der Waals surface area contributed by atoms with Crippen molar-refractivity contribution >= 4 is 23.6 Å². The van der Waals surface area contributed by atoms with Gasteiger partial charge in [0.25, 0.3) is 5.56 Å². The van der Waals surface area contributed by atoms with E-state index < -0.39 is 0 Å². The molecule has 3 aliphatic rings. The minimum Gasteiger partial charge on any atom is -0.466 e. The average molecular weight is 391 g/mol. The Morgan fingerprint density at radius 2 is 2.15 bits per heavy atom. The predicted molar refractivity (Wildman–Crippen MR) is 101 cm³/mol. The summed E-state index contributed by atoms with van der Waals surface area (Å²) in [5, 5.41) is 0.751. The molecule has 1 amide bonds.